The Morgan fingerprint density at radius 1 is 1.16 bits per heavy atom. The van der Waals surface area contributed by atoms with E-state index in [9.17, 15) is 8.42 Å². The second-order valence-electron chi connectivity index (χ2n) is 6.82. The fourth-order valence-corrected chi connectivity index (χ4v) is 4.91. The van der Waals surface area contributed by atoms with Gasteiger partial charge >= 0.3 is 0 Å². The van der Waals surface area contributed by atoms with Gasteiger partial charge in [0.2, 0.25) is 0 Å². The number of pyridine rings is 2. The van der Waals surface area contributed by atoms with Gasteiger partial charge in [-0.25, -0.2) is 17.4 Å². The molecule has 0 atom stereocenters. The zero-order valence-electron chi connectivity index (χ0n) is 16.8. The Bertz CT molecular complexity index is 1300. The van der Waals surface area contributed by atoms with Gasteiger partial charge in [-0.3, -0.25) is 4.98 Å². The number of nitrogens with zero attached hydrogens (tertiary/aromatic N) is 3. The number of hydrogen-bond acceptors (Lipinski definition) is 6. The summed E-state index contributed by atoms with van der Waals surface area (Å²) in [6.07, 6.45) is 6.18. The lowest BCUT2D eigenvalue weighted by molar-refractivity contribution is 0.588. The average molecular weight is 478 g/mol. The SMILES string of the molecule is CNCc1cn(S(=O)(=O)c2cccnc2)c2cc(Nc3c(C)ccnc3Cl)ccc12.Cl. The molecule has 3 heterocycles. The molecule has 0 aliphatic carbocycles. The van der Waals surface area contributed by atoms with Crippen LogP contribution in [0.4, 0.5) is 11.4 Å². The van der Waals surface area contributed by atoms with Gasteiger partial charge in [0.25, 0.3) is 10.0 Å². The van der Waals surface area contributed by atoms with Crippen LogP contribution in [0.5, 0.6) is 0 Å². The van der Waals surface area contributed by atoms with E-state index in [1.165, 1.54) is 16.2 Å². The van der Waals surface area contributed by atoms with Gasteiger partial charge < -0.3 is 10.6 Å². The zero-order valence-corrected chi connectivity index (χ0v) is 19.2. The predicted octanol–water partition coefficient (Wildman–Crippen LogP) is 4.51. The van der Waals surface area contributed by atoms with E-state index in [-0.39, 0.29) is 17.3 Å². The summed E-state index contributed by atoms with van der Waals surface area (Å²) in [4.78, 5) is 8.19. The largest absolute Gasteiger partial charge is 0.353 e. The number of benzene rings is 1. The molecule has 4 aromatic rings. The van der Waals surface area contributed by atoms with Crippen LogP contribution in [-0.4, -0.2) is 29.4 Å². The van der Waals surface area contributed by atoms with E-state index in [4.69, 9.17) is 11.6 Å². The normalized spacial score (nSPS) is 11.3. The molecule has 0 radical (unpaired) electrons. The second-order valence-corrected chi connectivity index (χ2v) is 9.00. The number of aryl methyl sites for hydroxylation is 1. The maximum Gasteiger partial charge on any atom is 0.269 e. The van der Waals surface area contributed by atoms with Gasteiger partial charge in [-0.15, -0.1) is 12.4 Å². The molecule has 0 bridgehead atoms. The Morgan fingerprint density at radius 3 is 2.65 bits per heavy atom. The highest BCUT2D eigenvalue weighted by molar-refractivity contribution is 7.90. The Kier molecular flexibility index (Phi) is 6.86. The number of hydrogen-bond donors (Lipinski definition) is 2. The zero-order chi connectivity index (χ0) is 21.3. The quantitative estimate of drug-likeness (QED) is 0.397. The summed E-state index contributed by atoms with van der Waals surface area (Å²) < 4.78 is 27.9. The Balaban J connectivity index is 0.00000272. The number of nitrogens with one attached hydrogen (secondary N) is 2. The predicted molar refractivity (Wildman–Crippen MR) is 126 cm³/mol. The first-order chi connectivity index (χ1) is 14.4. The molecule has 0 unspecified atom stereocenters. The Morgan fingerprint density at radius 2 is 1.97 bits per heavy atom. The molecule has 2 N–H and O–H groups in total. The summed E-state index contributed by atoms with van der Waals surface area (Å²) >= 11 is 6.24. The molecule has 0 amide bonds. The third-order valence-corrected chi connectivity index (χ3v) is 6.74. The van der Waals surface area contributed by atoms with E-state index >= 15 is 0 Å². The topological polar surface area (TPSA) is 88.9 Å². The summed E-state index contributed by atoms with van der Waals surface area (Å²) in [5.41, 5.74) is 3.76. The van der Waals surface area contributed by atoms with Gasteiger partial charge in [0.05, 0.1) is 11.2 Å². The lowest BCUT2D eigenvalue weighted by Gasteiger charge is -2.12. The van der Waals surface area contributed by atoms with Gasteiger partial charge in [-0.2, -0.15) is 0 Å². The van der Waals surface area contributed by atoms with E-state index < -0.39 is 10.0 Å². The highest BCUT2D eigenvalue weighted by Crippen LogP contribution is 2.32. The van der Waals surface area contributed by atoms with Crippen LogP contribution in [-0.2, 0) is 16.6 Å². The summed E-state index contributed by atoms with van der Waals surface area (Å²) in [5.74, 6) is 0. The molecule has 0 fully saturated rings. The third-order valence-electron chi connectivity index (χ3n) is 4.80. The number of aromatic nitrogens is 3. The summed E-state index contributed by atoms with van der Waals surface area (Å²) in [5, 5.41) is 7.55. The minimum absolute atomic E-state index is 0. The monoisotopic (exact) mass is 477 g/mol. The summed E-state index contributed by atoms with van der Waals surface area (Å²) in [6.45, 7) is 2.46. The van der Waals surface area contributed by atoms with Gasteiger partial charge in [-0.05, 0) is 55.4 Å². The minimum Gasteiger partial charge on any atom is -0.353 e. The maximum absolute atomic E-state index is 13.3. The number of fused-ring (bicyclic) bond motifs is 1. The van der Waals surface area contributed by atoms with Crippen molar-refractivity contribution in [3.8, 4) is 0 Å². The van der Waals surface area contributed by atoms with Crippen molar-refractivity contribution in [2.75, 3.05) is 12.4 Å². The first kappa shape index (κ1) is 23.0. The smallest absolute Gasteiger partial charge is 0.269 e. The first-order valence-electron chi connectivity index (χ1n) is 9.24. The number of rotatable bonds is 6. The molecule has 0 spiro atoms. The molecule has 0 saturated heterocycles. The van der Waals surface area contributed by atoms with Crippen molar-refractivity contribution >= 4 is 56.3 Å². The number of halogens is 2. The highest BCUT2D eigenvalue weighted by Gasteiger charge is 2.22. The molecule has 1 aromatic carbocycles. The molecular weight excluding hydrogens is 457 g/mol. The van der Waals surface area contributed by atoms with E-state index in [0.29, 0.717) is 28.6 Å². The molecule has 7 nitrogen and oxygen atoms in total. The van der Waals surface area contributed by atoms with Gasteiger partial charge in [0, 0.05) is 42.4 Å². The van der Waals surface area contributed by atoms with Gasteiger partial charge in [-0.1, -0.05) is 17.7 Å². The lowest BCUT2D eigenvalue weighted by Crippen LogP contribution is -2.12. The van der Waals surface area contributed by atoms with Crippen LogP contribution in [0.1, 0.15) is 11.1 Å². The molecule has 0 aliphatic heterocycles. The fourth-order valence-electron chi connectivity index (χ4n) is 3.31. The van der Waals surface area contributed by atoms with Crippen molar-refractivity contribution in [1.82, 2.24) is 19.3 Å². The standard InChI is InChI=1S/C21H20ClN5O2S.ClH/c1-14-7-9-25-21(22)20(14)26-16-5-6-18-15(11-23-2)13-27(19(18)10-16)30(28,29)17-4-3-8-24-12-17;/h3-10,12-13,23,26H,11H2,1-2H3;1H. The summed E-state index contributed by atoms with van der Waals surface area (Å²) in [6, 6.07) is 10.6. The fraction of sp³-hybridized carbons (Fsp3) is 0.143. The molecule has 0 saturated carbocycles. The molecular formula is C21H21Cl2N5O2S. The van der Waals surface area contributed by atoms with Crippen LogP contribution in [0.25, 0.3) is 10.9 Å². The average Bonchev–Trinajstić information content (AvgIpc) is 3.10. The highest BCUT2D eigenvalue weighted by atomic mass is 35.5. The van der Waals surface area contributed by atoms with Crippen LogP contribution in [0, 0.1) is 6.92 Å². The first-order valence-corrected chi connectivity index (χ1v) is 11.1. The van der Waals surface area contributed by atoms with Crippen molar-refractivity contribution in [3.05, 3.63) is 77.5 Å². The van der Waals surface area contributed by atoms with Crippen molar-refractivity contribution in [2.45, 2.75) is 18.4 Å². The second kappa shape index (κ2) is 9.23. The van der Waals surface area contributed by atoms with Crippen molar-refractivity contribution in [1.29, 1.82) is 0 Å². The van der Waals surface area contributed by atoms with E-state index in [1.54, 1.807) is 30.7 Å². The number of anilines is 2. The van der Waals surface area contributed by atoms with Crippen LogP contribution >= 0.6 is 24.0 Å². The lowest BCUT2D eigenvalue weighted by atomic mass is 10.1. The minimum atomic E-state index is -3.81. The van der Waals surface area contributed by atoms with Gasteiger partial charge in [0.1, 0.15) is 4.90 Å². The molecule has 31 heavy (non-hydrogen) atoms. The van der Waals surface area contributed by atoms with Crippen molar-refractivity contribution in [3.63, 3.8) is 0 Å². The molecule has 0 aliphatic rings. The van der Waals surface area contributed by atoms with Crippen LogP contribution in [0.3, 0.4) is 0 Å². The third kappa shape index (κ3) is 4.38. The van der Waals surface area contributed by atoms with E-state index in [1.807, 2.05) is 32.2 Å². The Hall–Kier alpha value is -2.65. The molecule has 4 rings (SSSR count). The molecule has 3 aromatic heterocycles. The van der Waals surface area contributed by atoms with Crippen LogP contribution < -0.4 is 10.6 Å². The van der Waals surface area contributed by atoms with Crippen molar-refractivity contribution < 1.29 is 8.42 Å². The van der Waals surface area contributed by atoms with Gasteiger partial charge in [0.15, 0.2) is 5.15 Å². The molecule has 10 heteroatoms. The maximum atomic E-state index is 13.3. The summed E-state index contributed by atoms with van der Waals surface area (Å²) in [7, 11) is -1.99. The Labute approximate surface area is 191 Å². The van der Waals surface area contributed by atoms with Crippen LogP contribution in [0.2, 0.25) is 5.15 Å². The van der Waals surface area contributed by atoms with E-state index in [2.05, 4.69) is 20.6 Å². The van der Waals surface area contributed by atoms with Crippen LogP contribution in [0.15, 0.2) is 66.1 Å². The molecule has 162 valence electrons. The van der Waals surface area contributed by atoms with Crippen molar-refractivity contribution in [2.24, 2.45) is 0 Å². The van der Waals surface area contributed by atoms with E-state index in [0.717, 1.165) is 16.5 Å².